The number of carbonyl (C=O) groups is 3. The van der Waals surface area contributed by atoms with Gasteiger partial charge in [-0.2, -0.15) is 0 Å². The van der Waals surface area contributed by atoms with E-state index in [1.54, 1.807) is 30.5 Å². The van der Waals surface area contributed by atoms with E-state index in [4.69, 9.17) is 5.73 Å². The van der Waals surface area contributed by atoms with Gasteiger partial charge in [0, 0.05) is 49.7 Å². The number of nitrogens with one attached hydrogen (secondary N) is 3. The van der Waals surface area contributed by atoms with Gasteiger partial charge in [0.15, 0.2) is 0 Å². The van der Waals surface area contributed by atoms with Gasteiger partial charge in [-0.15, -0.1) is 0 Å². The standard InChI is InChI=1S/C17H20N6O4/c18-16(26)22-13-4-1-3-12(11-13)15(25)20-8-7-19-14(24)5-10-23-9-2-6-21-17(23)27/h1-4,6,9,11H,5,7-8,10H2,(H,19,24)(H,20,25)(H3,18,22,26). The number of benzene rings is 1. The lowest BCUT2D eigenvalue weighted by Gasteiger charge is -2.09. The molecule has 0 aliphatic heterocycles. The fourth-order valence-electron chi connectivity index (χ4n) is 2.23. The molecule has 0 saturated heterocycles. The first-order valence-electron chi connectivity index (χ1n) is 8.18. The normalized spacial score (nSPS) is 10.1. The molecule has 0 spiro atoms. The van der Waals surface area contributed by atoms with Gasteiger partial charge < -0.3 is 21.7 Å². The molecule has 10 heteroatoms. The zero-order valence-electron chi connectivity index (χ0n) is 14.5. The molecule has 142 valence electrons. The van der Waals surface area contributed by atoms with Crippen molar-refractivity contribution in [1.29, 1.82) is 0 Å². The molecule has 0 atom stereocenters. The van der Waals surface area contributed by atoms with E-state index >= 15 is 0 Å². The number of primary amides is 1. The van der Waals surface area contributed by atoms with Crippen molar-refractivity contribution < 1.29 is 14.4 Å². The Labute approximate surface area is 154 Å². The van der Waals surface area contributed by atoms with Crippen LogP contribution in [-0.2, 0) is 11.3 Å². The van der Waals surface area contributed by atoms with Gasteiger partial charge in [-0.1, -0.05) is 6.07 Å². The van der Waals surface area contributed by atoms with Crippen LogP contribution in [0.2, 0.25) is 0 Å². The molecule has 1 aromatic heterocycles. The monoisotopic (exact) mass is 372 g/mol. The zero-order chi connectivity index (χ0) is 19.6. The summed E-state index contributed by atoms with van der Waals surface area (Å²) in [4.78, 5) is 49.7. The van der Waals surface area contributed by atoms with Crippen LogP contribution in [0.15, 0.2) is 47.5 Å². The number of rotatable bonds is 8. The summed E-state index contributed by atoms with van der Waals surface area (Å²) in [5.41, 5.74) is 5.38. The van der Waals surface area contributed by atoms with E-state index in [1.165, 1.54) is 16.8 Å². The zero-order valence-corrected chi connectivity index (χ0v) is 14.5. The average molecular weight is 372 g/mol. The predicted molar refractivity (Wildman–Crippen MR) is 98.1 cm³/mol. The number of amides is 4. The Morgan fingerprint density at radius 2 is 1.89 bits per heavy atom. The lowest BCUT2D eigenvalue weighted by atomic mass is 10.2. The summed E-state index contributed by atoms with van der Waals surface area (Å²) in [6.45, 7) is 0.696. The minimum atomic E-state index is -0.719. The SMILES string of the molecule is NC(=O)Nc1cccc(C(=O)NCCNC(=O)CCn2cccnc2=O)c1. The minimum absolute atomic E-state index is 0.125. The van der Waals surface area contributed by atoms with Crippen molar-refractivity contribution in [1.82, 2.24) is 20.2 Å². The van der Waals surface area contributed by atoms with Crippen molar-refractivity contribution in [3.8, 4) is 0 Å². The molecule has 0 aliphatic carbocycles. The van der Waals surface area contributed by atoms with Gasteiger partial charge in [-0.05, 0) is 24.3 Å². The Morgan fingerprint density at radius 3 is 2.63 bits per heavy atom. The summed E-state index contributed by atoms with van der Waals surface area (Å²) in [7, 11) is 0. The largest absolute Gasteiger partial charge is 0.354 e. The van der Waals surface area contributed by atoms with Gasteiger partial charge in [0.2, 0.25) is 5.91 Å². The van der Waals surface area contributed by atoms with Gasteiger partial charge >= 0.3 is 11.7 Å². The minimum Gasteiger partial charge on any atom is -0.354 e. The van der Waals surface area contributed by atoms with Crippen LogP contribution >= 0.6 is 0 Å². The number of nitrogens with two attached hydrogens (primary N) is 1. The van der Waals surface area contributed by atoms with Crippen LogP contribution in [-0.4, -0.2) is 40.5 Å². The van der Waals surface area contributed by atoms with Crippen molar-refractivity contribution >= 4 is 23.5 Å². The maximum absolute atomic E-state index is 12.1. The number of aromatic nitrogens is 2. The predicted octanol–water partition coefficient (Wildman–Crippen LogP) is -0.330. The van der Waals surface area contributed by atoms with E-state index in [0.29, 0.717) is 11.3 Å². The van der Waals surface area contributed by atoms with Gasteiger partial charge in [0.1, 0.15) is 0 Å². The molecule has 0 bridgehead atoms. The van der Waals surface area contributed by atoms with E-state index < -0.39 is 11.7 Å². The summed E-state index contributed by atoms with van der Waals surface area (Å²) in [6, 6.07) is 7.19. The van der Waals surface area contributed by atoms with Gasteiger partial charge in [-0.25, -0.2) is 14.6 Å². The average Bonchev–Trinajstić information content (AvgIpc) is 2.64. The summed E-state index contributed by atoms with van der Waals surface area (Å²) in [6.07, 6.45) is 3.08. The van der Waals surface area contributed by atoms with E-state index in [1.807, 2.05) is 0 Å². The number of carbonyl (C=O) groups excluding carboxylic acids is 3. The molecule has 1 aromatic carbocycles. The molecule has 5 N–H and O–H groups in total. The van der Waals surface area contributed by atoms with Gasteiger partial charge in [0.05, 0.1) is 0 Å². The molecule has 0 radical (unpaired) electrons. The number of anilines is 1. The van der Waals surface area contributed by atoms with Crippen molar-refractivity contribution in [2.45, 2.75) is 13.0 Å². The first kappa shape index (κ1) is 19.6. The number of hydrogen-bond acceptors (Lipinski definition) is 5. The van der Waals surface area contributed by atoms with Crippen LogP contribution in [0, 0.1) is 0 Å². The maximum atomic E-state index is 12.1. The van der Waals surface area contributed by atoms with E-state index in [9.17, 15) is 19.2 Å². The number of hydrogen-bond donors (Lipinski definition) is 4. The second-order valence-electron chi connectivity index (χ2n) is 5.52. The smallest absolute Gasteiger partial charge is 0.347 e. The van der Waals surface area contributed by atoms with E-state index in [0.717, 1.165) is 0 Å². The van der Waals surface area contributed by atoms with Crippen LogP contribution in [0.4, 0.5) is 10.5 Å². The molecule has 0 fully saturated rings. The van der Waals surface area contributed by atoms with Crippen molar-refractivity contribution in [2.75, 3.05) is 18.4 Å². The Morgan fingerprint density at radius 1 is 1.11 bits per heavy atom. The maximum Gasteiger partial charge on any atom is 0.347 e. The quantitative estimate of drug-likeness (QED) is 0.468. The molecule has 2 rings (SSSR count). The van der Waals surface area contributed by atoms with Crippen LogP contribution in [0.1, 0.15) is 16.8 Å². The molecule has 4 amide bonds. The Balaban J connectivity index is 1.71. The highest BCUT2D eigenvalue weighted by Gasteiger charge is 2.07. The third-order valence-electron chi connectivity index (χ3n) is 3.49. The van der Waals surface area contributed by atoms with Gasteiger partial charge in [0.25, 0.3) is 5.91 Å². The third kappa shape index (κ3) is 6.61. The van der Waals surface area contributed by atoms with E-state index in [-0.39, 0.29) is 37.9 Å². The van der Waals surface area contributed by atoms with Crippen LogP contribution in [0.25, 0.3) is 0 Å². The highest BCUT2D eigenvalue weighted by atomic mass is 16.2. The topological polar surface area (TPSA) is 148 Å². The molecular formula is C17H20N6O4. The first-order chi connectivity index (χ1) is 13.0. The molecule has 10 nitrogen and oxygen atoms in total. The second-order valence-corrected chi connectivity index (χ2v) is 5.52. The van der Waals surface area contributed by atoms with Gasteiger partial charge in [-0.3, -0.25) is 14.2 Å². The molecule has 27 heavy (non-hydrogen) atoms. The summed E-state index contributed by atoms with van der Waals surface area (Å²) < 4.78 is 1.34. The van der Waals surface area contributed by atoms with Crippen molar-refractivity contribution in [2.24, 2.45) is 5.73 Å². The highest BCUT2D eigenvalue weighted by molar-refractivity contribution is 5.96. The molecule has 0 saturated carbocycles. The highest BCUT2D eigenvalue weighted by Crippen LogP contribution is 2.10. The van der Waals surface area contributed by atoms with Crippen LogP contribution in [0.5, 0.6) is 0 Å². The van der Waals surface area contributed by atoms with Crippen molar-refractivity contribution in [3.63, 3.8) is 0 Å². The summed E-state index contributed by atoms with van der Waals surface area (Å²) >= 11 is 0. The Kier molecular flexibility index (Phi) is 7.06. The Hall–Kier alpha value is -3.69. The lowest BCUT2D eigenvalue weighted by molar-refractivity contribution is -0.121. The first-order valence-corrected chi connectivity index (χ1v) is 8.18. The molecular weight excluding hydrogens is 352 g/mol. The van der Waals surface area contributed by atoms with Crippen LogP contribution < -0.4 is 27.4 Å². The fraction of sp³-hybridized carbons (Fsp3) is 0.235. The number of nitrogens with zero attached hydrogens (tertiary/aromatic N) is 2. The number of urea groups is 1. The summed E-state index contributed by atoms with van der Waals surface area (Å²) in [5, 5.41) is 7.70. The molecule has 0 unspecified atom stereocenters. The molecule has 1 heterocycles. The third-order valence-corrected chi connectivity index (χ3v) is 3.49. The number of aryl methyl sites for hydroxylation is 1. The fourth-order valence-corrected chi connectivity index (χ4v) is 2.23. The lowest BCUT2D eigenvalue weighted by Crippen LogP contribution is -2.35. The van der Waals surface area contributed by atoms with E-state index in [2.05, 4.69) is 20.9 Å². The molecule has 2 aromatic rings. The summed E-state index contributed by atoms with van der Waals surface area (Å²) in [5.74, 6) is -0.591. The van der Waals surface area contributed by atoms with Crippen LogP contribution in [0.3, 0.4) is 0 Å². The van der Waals surface area contributed by atoms with Crippen molar-refractivity contribution in [3.05, 3.63) is 58.8 Å². The molecule has 0 aliphatic rings. The second kappa shape index (κ2) is 9.70. The Bertz CT molecular complexity index is 879.